The number of carbonyl (C=O) groups is 1. The molecular weight excluding hydrogens is 190 g/mol. The summed E-state index contributed by atoms with van der Waals surface area (Å²) in [4.78, 5) is 11.0. The summed E-state index contributed by atoms with van der Waals surface area (Å²) in [5.74, 6) is -0.259. The molecule has 0 bridgehead atoms. The molecule has 0 saturated carbocycles. The van der Waals surface area contributed by atoms with Gasteiger partial charge in [-0.2, -0.15) is 0 Å². The summed E-state index contributed by atoms with van der Waals surface area (Å²) in [6, 6.07) is 6.98. The van der Waals surface area contributed by atoms with Crippen molar-refractivity contribution in [3.8, 4) is 0 Å². The Kier molecular flexibility index (Phi) is 3.46. The zero-order valence-electron chi connectivity index (χ0n) is 6.77. The summed E-state index contributed by atoms with van der Waals surface area (Å²) in [5, 5.41) is 11.3. The molecule has 0 aliphatic heterocycles. The summed E-state index contributed by atoms with van der Waals surface area (Å²) in [5.41, 5.74) is 0.803. The highest BCUT2D eigenvalue weighted by atomic mass is 35.5. The first-order valence-corrected chi connectivity index (χ1v) is 4.05. The molecule has 1 aromatic rings. The summed E-state index contributed by atoms with van der Waals surface area (Å²) >= 11 is 5.71. The van der Waals surface area contributed by atoms with Gasteiger partial charge < -0.3 is 5.21 Å². The van der Waals surface area contributed by atoms with Crippen LogP contribution in [0.15, 0.2) is 29.4 Å². The van der Waals surface area contributed by atoms with Crippen molar-refractivity contribution in [2.45, 2.75) is 6.42 Å². The molecule has 1 rings (SSSR count). The third kappa shape index (κ3) is 3.25. The topological polar surface area (TPSA) is 49.7 Å². The highest BCUT2D eigenvalue weighted by Crippen LogP contribution is 2.10. The maximum absolute atomic E-state index is 11.0. The number of halogens is 1. The van der Waals surface area contributed by atoms with Crippen molar-refractivity contribution in [3.05, 3.63) is 34.9 Å². The van der Waals surface area contributed by atoms with Gasteiger partial charge in [0.2, 0.25) is 0 Å². The van der Waals surface area contributed by atoms with Crippen molar-refractivity contribution < 1.29 is 10.0 Å². The van der Waals surface area contributed by atoms with Crippen molar-refractivity contribution in [1.29, 1.82) is 0 Å². The summed E-state index contributed by atoms with van der Waals surface area (Å²) in [6.07, 6.45) is 1.07. The van der Waals surface area contributed by atoms with Crippen LogP contribution in [0.25, 0.3) is 0 Å². The van der Waals surface area contributed by atoms with Crippen LogP contribution in [-0.4, -0.2) is 17.2 Å². The first kappa shape index (κ1) is 9.74. The summed E-state index contributed by atoms with van der Waals surface area (Å²) in [7, 11) is 0. The van der Waals surface area contributed by atoms with Crippen molar-refractivity contribution in [3.63, 3.8) is 0 Å². The van der Waals surface area contributed by atoms with E-state index < -0.39 is 0 Å². The third-order valence-corrected chi connectivity index (χ3v) is 1.70. The van der Waals surface area contributed by atoms with Gasteiger partial charge in [0.15, 0.2) is 5.78 Å². The van der Waals surface area contributed by atoms with Gasteiger partial charge in [-0.25, -0.2) is 0 Å². The van der Waals surface area contributed by atoms with Crippen LogP contribution >= 0.6 is 11.6 Å². The van der Waals surface area contributed by atoms with Crippen molar-refractivity contribution in [2.75, 3.05) is 0 Å². The number of Topliss-reactive ketones (excluding diaryl/α,β-unsaturated/α-hetero) is 1. The highest BCUT2D eigenvalue weighted by molar-refractivity contribution is 6.31. The SMILES string of the molecule is O=C(/C=N/O)Cc1cccc(Cl)c1. The standard InChI is InChI=1S/C9H8ClNO2/c10-8-3-1-2-7(4-8)5-9(12)6-11-13/h1-4,6,13H,5H2/b11-6+. The van der Waals surface area contributed by atoms with E-state index in [2.05, 4.69) is 5.16 Å². The monoisotopic (exact) mass is 197 g/mol. The number of nitrogens with zero attached hydrogens (tertiary/aromatic N) is 1. The maximum Gasteiger partial charge on any atom is 0.181 e. The third-order valence-electron chi connectivity index (χ3n) is 1.47. The molecule has 0 spiro atoms. The lowest BCUT2D eigenvalue weighted by Gasteiger charge is -1.96. The van der Waals surface area contributed by atoms with Gasteiger partial charge >= 0.3 is 0 Å². The first-order chi connectivity index (χ1) is 6.22. The molecule has 0 amide bonds. The Labute approximate surface area is 80.6 Å². The van der Waals surface area contributed by atoms with Crippen molar-refractivity contribution >= 4 is 23.6 Å². The largest absolute Gasteiger partial charge is 0.411 e. The van der Waals surface area contributed by atoms with E-state index in [4.69, 9.17) is 16.8 Å². The van der Waals surface area contributed by atoms with E-state index in [0.29, 0.717) is 5.02 Å². The van der Waals surface area contributed by atoms with Crippen LogP contribution in [0.1, 0.15) is 5.56 Å². The summed E-state index contributed by atoms with van der Waals surface area (Å²) < 4.78 is 0. The predicted octanol–water partition coefficient (Wildman–Crippen LogP) is 1.91. The quantitative estimate of drug-likeness (QED) is 0.457. The van der Waals surface area contributed by atoms with E-state index in [1.807, 2.05) is 0 Å². The van der Waals surface area contributed by atoms with E-state index >= 15 is 0 Å². The number of benzene rings is 1. The molecule has 0 heterocycles. The molecule has 1 N–H and O–H groups in total. The molecule has 0 aliphatic rings. The van der Waals surface area contributed by atoms with Gasteiger partial charge in [-0.05, 0) is 17.7 Å². The minimum Gasteiger partial charge on any atom is -0.411 e. The number of oxime groups is 1. The molecule has 0 atom stereocenters. The number of hydrogen-bond donors (Lipinski definition) is 1. The fourth-order valence-corrected chi connectivity index (χ4v) is 1.17. The van der Waals surface area contributed by atoms with Crippen LogP contribution in [0.2, 0.25) is 5.02 Å². The van der Waals surface area contributed by atoms with Gasteiger partial charge in [0.05, 0.1) is 0 Å². The Morgan fingerprint density at radius 2 is 2.38 bits per heavy atom. The van der Waals surface area contributed by atoms with Crippen molar-refractivity contribution in [1.82, 2.24) is 0 Å². The molecule has 68 valence electrons. The zero-order valence-corrected chi connectivity index (χ0v) is 7.53. The predicted molar refractivity (Wildman–Crippen MR) is 50.4 cm³/mol. The van der Waals surface area contributed by atoms with E-state index in [1.54, 1.807) is 24.3 Å². The Morgan fingerprint density at radius 3 is 3.00 bits per heavy atom. The molecule has 1 aromatic carbocycles. The van der Waals surface area contributed by atoms with Gasteiger partial charge in [-0.1, -0.05) is 28.9 Å². The van der Waals surface area contributed by atoms with Gasteiger partial charge in [0, 0.05) is 11.4 Å². The first-order valence-electron chi connectivity index (χ1n) is 3.67. The Morgan fingerprint density at radius 1 is 1.62 bits per heavy atom. The number of ketones is 1. The van der Waals surface area contributed by atoms with Crippen molar-refractivity contribution in [2.24, 2.45) is 5.16 Å². The normalized spacial score (nSPS) is 10.5. The van der Waals surface area contributed by atoms with Gasteiger partial charge in [-0.3, -0.25) is 4.79 Å². The molecule has 0 fully saturated rings. The minimum absolute atomic E-state index is 0.199. The van der Waals surface area contributed by atoms with Crippen LogP contribution in [0.5, 0.6) is 0 Å². The average molecular weight is 198 g/mol. The zero-order chi connectivity index (χ0) is 9.68. The van der Waals surface area contributed by atoms with E-state index in [0.717, 1.165) is 11.8 Å². The number of rotatable bonds is 3. The fourth-order valence-electron chi connectivity index (χ4n) is 0.958. The molecule has 0 unspecified atom stereocenters. The van der Waals surface area contributed by atoms with Crippen LogP contribution in [0.3, 0.4) is 0 Å². The highest BCUT2D eigenvalue weighted by Gasteiger charge is 2.00. The summed E-state index contributed by atoms with van der Waals surface area (Å²) in [6.45, 7) is 0. The minimum atomic E-state index is -0.259. The molecule has 3 nitrogen and oxygen atoms in total. The molecule has 13 heavy (non-hydrogen) atoms. The lowest BCUT2D eigenvalue weighted by atomic mass is 10.1. The van der Waals surface area contributed by atoms with Gasteiger partial charge in [0.1, 0.15) is 6.21 Å². The molecule has 0 saturated heterocycles. The fraction of sp³-hybridized carbons (Fsp3) is 0.111. The second kappa shape index (κ2) is 4.62. The average Bonchev–Trinajstić information content (AvgIpc) is 2.04. The molecule has 0 radical (unpaired) electrons. The van der Waals surface area contributed by atoms with Crippen LogP contribution in [0.4, 0.5) is 0 Å². The smallest absolute Gasteiger partial charge is 0.181 e. The Bertz CT molecular complexity index is 336. The molecule has 4 heteroatoms. The molecule has 0 aromatic heterocycles. The molecular formula is C9H8ClNO2. The number of carbonyl (C=O) groups excluding carboxylic acids is 1. The Hall–Kier alpha value is -1.35. The van der Waals surface area contributed by atoms with Gasteiger partial charge in [-0.15, -0.1) is 0 Å². The van der Waals surface area contributed by atoms with E-state index in [-0.39, 0.29) is 12.2 Å². The van der Waals surface area contributed by atoms with Crippen LogP contribution in [0, 0.1) is 0 Å². The maximum atomic E-state index is 11.0. The Balaban J connectivity index is 2.69. The van der Waals surface area contributed by atoms with E-state index in [1.165, 1.54) is 0 Å². The number of hydrogen-bond acceptors (Lipinski definition) is 3. The van der Waals surface area contributed by atoms with Crippen LogP contribution < -0.4 is 0 Å². The molecule has 0 aliphatic carbocycles. The lowest BCUT2D eigenvalue weighted by molar-refractivity contribution is -0.112. The van der Waals surface area contributed by atoms with E-state index in [9.17, 15) is 4.79 Å². The lowest BCUT2D eigenvalue weighted by Crippen LogP contribution is -2.03. The van der Waals surface area contributed by atoms with Gasteiger partial charge in [0.25, 0.3) is 0 Å². The second-order valence-corrected chi connectivity index (χ2v) is 2.95. The second-order valence-electron chi connectivity index (χ2n) is 2.52. The van der Waals surface area contributed by atoms with Crippen LogP contribution in [-0.2, 0) is 11.2 Å².